The molecule has 258 valence electrons. The van der Waals surface area contributed by atoms with Gasteiger partial charge in [-0.05, 0) is 88.2 Å². The molecule has 0 amide bonds. The molecule has 54 heavy (non-hydrogen) atoms. The lowest BCUT2D eigenvalue weighted by molar-refractivity contribution is 0.660. The summed E-state index contributed by atoms with van der Waals surface area (Å²) in [6, 6.07) is 65.8. The fourth-order valence-corrected chi connectivity index (χ4v) is 8.60. The van der Waals surface area contributed by atoms with Gasteiger partial charge in [0, 0.05) is 44.6 Å². The molecule has 0 spiro atoms. The van der Waals surface area contributed by atoms with Crippen LogP contribution >= 0.6 is 0 Å². The van der Waals surface area contributed by atoms with Crippen molar-refractivity contribution in [3.05, 3.63) is 199 Å². The second kappa shape index (κ2) is 12.5. The van der Waals surface area contributed by atoms with Crippen molar-refractivity contribution in [2.24, 2.45) is 0 Å². The van der Waals surface area contributed by atoms with Gasteiger partial charge >= 0.3 is 0 Å². The van der Waals surface area contributed by atoms with E-state index in [0.717, 1.165) is 45.1 Å². The Labute approximate surface area is 316 Å². The number of hydrogen-bond acceptors (Lipinski definition) is 2. The topological polar surface area (TPSA) is 20.5 Å². The van der Waals surface area contributed by atoms with Crippen LogP contribution in [0, 0.1) is 6.92 Å². The van der Waals surface area contributed by atoms with Crippen molar-refractivity contribution in [1.29, 1.82) is 0 Å². The van der Waals surface area contributed by atoms with E-state index in [9.17, 15) is 0 Å². The van der Waals surface area contributed by atoms with Crippen molar-refractivity contribution in [3.63, 3.8) is 0 Å². The minimum Gasteiger partial charge on any atom is -0.310 e. The van der Waals surface area contributed by atoms with Gasteiger partial charge in [0.1, 0.15) is 0 Å². The lowest BCUT2D eigenvalue weighted by Gasteiger charge is -2.28. The van der Waals surface area contributed by atoms with Crippen LogP contribution < -0.4 is 4.90 Å². The van der Waals surface area contributed by atoms with Crippen molar-refractivity contribution in [2.75, 3.05) is 4.90 Å². The van der Waals surface area contributed by atoms with Crippen LogP contribution in [-0.4, -0.2) is 9.61 Å². The Morgan fingerprint density at radius 3 is 1.76 bits per heavy atom. The molecule has 0 fully saturated rings. The SMILES string of the molecule is Cc1c(-c2ccc(N(c3ccc(-c4ccccc4)cc3)c3ccc4c(c3)C(C)(C)c3ccccc3-4)cc2)nn2c(-c3ccccc3)cc3ccccc3c12. The Bertz CT molecular complexity index is 2830. The van der Waals surface area contributed by atoms with Crippen LogP contribution in [0.1, 0.15) is 30.5 Å². The number of fused-ring (bicyclic) bond motifs is 6. The van der Waals surface area contributed by atoms with Crippen molar-refractivity contribution in [1.82, 2.24) is 9.61 Å². The highest BCUT2D eigenvalue weighted by Crippen LogP contribution is 2.50. The van der Waals surface area contributed by atoms with E-state index in [4.69, 9.17) is 5.10 Å². The predicted molar refractivity (Wildman–Crippen MR) is 226 cm³/mol. The van der Waals surface area contributed by atoms with Crippen molar-refractivity contribution in [2.45, 2.75) is 26.2 Å². The average molecular weight is 694 g/mol. The first-order valence-corrected chi connectivity index (χ1v) is 18.7. The van der Waals surface area contributed by atoms with Crippen LogP contribution in [0.3, 0.4) is 0 Å². The zero-order chi connectivity index (χ0) is 36.4. The summed E-state index contributed by atoms with van der Waals surface area (Å²) in [6.45, 7) is 6.90. The van der Waals surface area contributed by atoms with E-state index in [-0.39, 0.29) is 5.41 Å². The molecule has 1 aliphatic rings. The normalized spacial score (nSPS) is 12.9. The molecule has 3 heteroatoms. The highest BCUT2D eigenvalue weighted by Gasteiger charge is 2.35. The number of aromatic nitrogens is 2. The van der Waals surface area contributed by atoms with E-state index in [2.05, 4.69) is 212 Å². The maximum atomic E-state index is 5.32. The number of aryl methyl sites for hydroxylation is 1. The van der Waals surface area contributed by atoms with Gasteiger partial charge in [-0.1, -0.05) is 153 Å². The van der Waals surface area contributed by atoms with Crippen LogP contribution in [-0.2, 0) is 5.41 Å². The highest BCUT2D eigenvalue weighted by molar-refractivity contribution is 6.01. The van der Waals surface area contributed by atoms with Crippen LogP contribution in [0.5, 0.6) is 0 Å². The molecule has 7 aromatic carbocycles. The number of nitrogens with zero attached hydrogens (tertiary/aromatic N) is 3. The highest BCUT2D eigenvalue weighted by atomic mass is 15.2. The first-order valence-electron chi connectivity index (χ1n) is 18.7. The van der Waals surface area contributed by atoms with Crippen LogP contribution in [0.4, 0.5) is 17.1 Å². The molecule has 10 rings (SSSR count). The van der Waals surface area contributed by atoms with Crippen molar-refractivity contribution in [3.8, 4) is 44.8 Å². The van der Waals surface area contributed by atoms with E-state index >= 15 is 0 Å². The third kappa shape index (κ3) is 5.08. The molecular formula is C51H39N3. The number of rotatable bonds is 6. The van der Waals surface area contributed by atoms with Crippen molar-refractivity contribution >= 4 is 33.4 Å². The summed E-state index contributed by atoms with van der Waals surface area (Å²) in [7, 11) is 0. The molecule has 2 aromatic heterocycles. The molecule has 0 atom stereocenters. The predicted octanol–water partition coefficient (Wildman–Crippen LogP) is 13.6. The van der Waals surface area contributed by atoms with E-state index < -0.39 is 0 Å². The molecule has 0 unspecified atom stereocenters. The second-order valence-corrected chi connectivity index (χ2v) is 14.9. The number of benzene rings is 7. The van der Waals surface area contributed by atoms with Gasteiger partial charge in [0.2, 0.25) is 0 Å². The molecule has 1 aliphatic carbocycles. The fraction of sp³-hybridized carbons (Fsp3) is 0.0784. The minimum atomic E-state index is -0.0991. The fourth-order valence-electron chi connectivity index (χ4n) is 8.60. The van der Waals surface area contributed by atoms with Gasteiger partial charge in [0.15, 0.2) is 0 Å². The molecule has 0 saturated carbocycles. The van der Waals surface area contributed by atoms with Gasteiger partial charge in [0.25, 0.3) is 0 Å². The molecule has 0 aliphatic heterocycles. The van der Waals surface area contributed by atoms with Gasteiger partial charge in [-0.2, -0.15) is 5.10 Å². The number of hydrogen-bond donors (Lipinski definition) is 0. The molecular weight excluding hydrogens is 655 g/mol. The Hall–Kier alpha value is -6.71. The standard InChI is InChI=1S/C51H39N3/c1-34-49(52-54-48(37-16-8-5-9-17-37)32-39-18-10-11-19-43(39)50(34)54)38-24-28-41(29-25-38)53(40-26-22-36(23-27-40)35-14-6-4-7-15-35)42-30-31-45-44-20-12-13-21-46(44)51(2,3)47(45)33-42/h4-33H,1-3H3. The summed E-state index contributed by atoms with van der Waals surface area (Å²) in [5.74, 6) is 0. The third-order valence-electron chi connectivity index (χ3n) is 11.4. The van der Waals surface area contributed by atoms with E-state index in [1.807, 2.05) is 0 Å². The Balaban J connectivity index is 1.10. The number of anilines is 3. The Kier molecular flexibility index (Phi) is 7.38. The molecule has 9 aromatic rings. The minimum absolute atomic E-state index is 0.0991. The summed E-state index contributed by atoms with van der Waals surface area (Å²) in [4.78, 5) is 2.38. The molecule has 2 heterocycles. The summed E-state index contributed by atoms with van der Waals surface area (Å²) in [6.07, 6.45) is 0. The lowest BCUT2D eigenvalue weighted by atomic mass is 9.82. The van der Waals surface area contributed by atoms with E-state index in [0.29, 0.717) is 0 Å². The van der Waals surface area contributed by atoms with Gasteiger partial charge in [-0.25, -0.2) is 4.52 Å². The Morgan fingerprint density at radius 1 is 0.481 bits per heavy atom. The number of pyridine rings is 1. The monoisotopic (exact) mass is 693 g/mol. The third-order valence-corrected chi connectivity index (χ3v) is 11.4. The Morgan fingerprint density at radius 2 is 1.04 bits per heavy atom. The van der Waals surface area contributed by atoms with Gasteiger partial charge in [0.05, 0.1) is 16.9 Å². The molecule has 0 radical (unpaired) electrons. The molecule has 0 saturated heterocycles. The van der Waals surface area contributed by atoms with Crippen LogP contribution in [0.25, 0.3) is 61.1 Å². The molecule has 3 nitrogen and oxygen atoms in total. The van der Waals surface area contributed by atoms with Crippen molar-refractivity contribution < 1.29 is 0 Å². The van der Waals surface area contributed by atoms with Crippen LogP contribution in [0.2, 0.25) is 0 Å². The van der Waals surface area contributed by atoms with Gasteiger partial charge in [-0.3, -0.25) is 0 Å². The lowest BCUT2D eigenvalue weighted by Crippen LogP contribution is -2.16. The largest absolute Gasteiger partial charge is 0.310 e. The second-order valence-electron chi connectivity index (χ2n) is 14.9. The molecule has 0 bridgehead atoms. The first-order chi connectivity index (χ1) is 26.5. The summed E-state index contributed by atoms with van der Waals surface area (Å²) in [5.41, 5.74) is 17.7. The maximum absolute atomic E-state index is 5.32. The zero-order valence-electron chi connectivity index (χ0n) is 30.7. The first kappa shape index (κ1) is 32.0. The van der Waals surface area contributed by atoms with Gasteiger partial charge < -0.3 is 4.90 Å². The quantitative estimate of drug-likeness (QED) is 0.173. The summed E-state index contributed by atoms with van der Waals surface area (Å²) >= 11 is 0. The van der Waals surface area contributed by atoms with E-state index in [1.165, 1.54) is 49.7 Å². The summed E-state index contributed by atoms with van der Waals surface area (Å²) < 4.78 is 2.14. The van der Waals surface area contributed by atoms with Gasteiger partial charge in [-0.15, -0.1) is 0 Å². The summed E-state index contributed by atoms with van der Waals surface area (Å²) in [5, 5.41) is 7.73. The molecule has 0 N–H and O–H groups in total. The van der Waals surface area contributed by atoms with E-state index in [1.54, 1.807) is 0 Å². The smallest absolute Gasteiger partial charge is 0.0963 e. The van der Waals surface area contributed by atoms with Crippen LogP contribution in [0.15, 0.2) is 182 Å². The average Bonchev–Trinajstić information content (AvgIpc) is 3.69. The maximum Gasteiger partial charge on any atom is 0.0963 e. The zero-order valence-corrected chi connectivity index (χ0v) is 30.7.